The zero-order chi connectivity index (χ0) is 13.1. The molecule has 1 N–H and O–H groups in total. The lowest BCUT2D eigenvalue weighted by atomic mass is 10.0. The summed E-state index contributed by atoms with van der Waals surface area (Å²) in [4.78, 5) is 8.55. The first-order valence-electron chi connectivity index (χ1n) is 5.82. The molecule has 0 unspecified atom stereocenters. The number of rotatable bonds is 3. The molecule has 0 aliphatic heterocycles. The summed E-state index contributed by atoms with van der Waals surface area (Å²) in [7, 11) is 3.49. The Labute approximate surface area is 107 Å². The maximum Gasteiger partial charge on any atom is 0.222 e. The van der Waals surface area contributed by atoms with Crippen molar-refractivity contribution in [2.75, 3.05) is 19.5 Å². The largest absolute Gasteiger partial charge is 0.496 e. The molecule has 0 fully saturated rings. The molecule has 0 saturated heterocycles. The van der Waals surface area contributed by atoms with E-state index in [1.165, 1.54) is 5.56 Å². The van der Waals surface area contributed by atoms with E-state index < -0.39 is 0 Å². The molecule has 0 spiro atoms. The molecule has 2 aromatic rings. The van der Waals surface area contributed by atoms with Crippen LogP contribution in [-0.2, 0) is 0 Å². The molecule has 4 nitrogen and oxygen atoms in total. The Balaban J connectivity index is 2.59. The Kier molecular flexibility index (Phi) is 3.46. The molecular formula is C14H17N3O. The molecule has 0 radical (unpaired) electrons. The van der Waals surface area contributed by atoms with Crippen molar-refractivity contribution in [3.05, 3.63) is 35.5 Å². The molecule has 2 rings (SSSR count). The number of methoxy groups -OCH3 is 1. The number of hydrogen-bond acceptors (Lipinski definition) is 4. The summed E-state index contributed by atoms with van der Waals surface area (Å²) in [5.74, 6) is 1.48. The van der Waals surface area contributed by atoms with Crippen molar-refractivity contribution >= 4 is 5.95 Å². The summed E-state index contributed by atoms with van der Waals surface area (Å²) in [6, 6.07) is 5.99. The van der Waals surface area contributed by atoms with Gasteiger partial charge in [0.15, 0.2) is 0 Å². The smallest absolute Gasteiger partial charge is 0.222 e. The molecule has 0 aliphatic carbocycles. The maximum absolute atomic E-state index is 5.50. The lowest BCUT2D eigenvalue weighted by molar-refractivity contribution is 0.413. The fourth-order valence-corrected chi connectivity index (χ4v) is 1.88. The SMILES string of the molecule is CNc1nccc(-c2ccc(C)c(C)c2OC)n1. The van der Waals surface area contributed by atoms with Crippen molar-refractivity contribution < 1.29 is 4.74 Å². The summed E-state index contributed by atoms with van der Waals surface area (Å²) in [6.45, 7) is 4.12. The summed E-state index contributed by atoms with van der Waals surface area (Å²) in [6.07, 6.45) is 1.74. The third-order valence-corrected chi connectivity index (χ3v) is 3.04. The minimum absolute atomic E-state index is 0.604. The van der Waals surface area contributed by atoms with Crippen LogP contribution in [-0.4, -0.2) is 24.1 Å². The Morgan fingerprint density at radius 2 is 1.94 bits per heavy atom. The van der Waals surface area contributed by atoms with E-state index >= 15 is 0 Å². The third-order valence-electron chi connectivity index (χ3n) is 3.04. The number of hydrogen-bond donors (Lipinski definition) is 1. The fourth-order valence-electron chi connectivity index (χ4n) is 1.88. The number of nitrogens with one attached hydrogen (secondary N) is 1. The van der Waals surface area contributed by atoms with Gasteiger partial charge in [-0.15, -0.1) is 0 Å². The van der Waals surface area contributed by atoms with Crippen LogP contribution in [0.4, 0.5) is 5.95 Å². The van der Waals surface area contributed by atoms with Crippen molar-refractivity contribution in [3.8, 4) is 17.0 Å². The van der Waals surface area contributed by atoms with E-state index in [2.05, 4.69) is 35.2 Å². The number of benzene rings is 1. The summed E-state index contributed by atoms with van der Waals surface area (Å²) in [5.41, 5.74) is 4.19. The number of aromatic nitrogens is 2. The van der Waals surface area contributed by atoms with Gasteiger partial charge in [0.05, 0.1) is 12.8 Å². The van der Waals surface area contributed by atoms with Crippen LogP contribution in [0.1, 0.15) is 11.1 Å². The normalized spacial score (nSPS) is 10.2. The van der Waals surface area contributed by atoms with Gasteiger partial charge in [0.1, 0.15) is 5.75 Å². The number of nitrogens with zero attached hydrogens (tertiary/aromatic N) is 2. The number of ether oxygens (including phenoxy) is 1. The molecule has 4 heteroatoms. The van der Waals surface area contributed by atoms with Crippen molar-refractivity contribution in [2.45, 2.75) is 13.8 Å². The molecule has 0 atom stereocenters. The van der Waals surface area contributed by atoms with Gasteiger partial charge in [-0.1, -0.05) is 6.07 Å². The van der Waals surface area contributed by atoms with E-state index in [9.17, 15) is 0 Å². The molecule has 0 bridgehead atoms. The van der Waals surface area contributed by atoms with E-state index in [4.69, 9.17) is 4.74 Å². The van der Waals surface area contributed by atoms with Gasteiger partial charge < -0.3 is 10.1 Å². The fraction of sp³-hybridized carbons (Fsp3) is 0.286. The van der Waals surface area contributed by atoms with Gasteiger partial charge in [0, 0.05) is 18.8 Å². The standard InChI is InChI=1S/C14H17N3O/c1-9-5-6-11(13(18-4)10(9)2)12-7-8-16-14(15-3)17-12/h5-8H,1-4H3,(H,15,16,17). The van der Waals surface area contributed by atoms with Crippen LogP contribution in [0, 0.1) is 13.8 Å². The Bertz CT molecular complexity index is 567. The van der Waals surface area contributed by atoms with Gasteiger partial charge >= 0.3 is 0 Å². The van der Waals surface area contributed by atoms with Crippen molar-refractivity contribution in [2.24, 2.45) is 0 Å². The van der Waals surface area contributed by atoms with Crippen molar-refractivity contribution in [1.29, 1.82) is 0 Å². The molecule has 0 aliphatic rings. The summed E-state index contributed by atoms with van der Waals surface area (Å²) >= 11 is 0. The average Bonchev–Trinajstić information content (AvgIpc) is 2.41. The second-order valence-electron chi connectivity index (χ2n) is 4.10. The van der Waals surface area contributed by atoms with Crippen LogP contribution in [0.2, 0.25) is 0 Å². The van der Waals surface area contributed by atoms with Gasteiger partial charge in [0.2, 0.25) is 5.95 Å². The minimum atomic E-state index is 0.604. The lowest BCUT2D eigenvalue weighted by Crippen LogP contribution is -1.99. The second kappa shape index (κ2) is 5.04. The summed E-state index contributed by atoms with van der Waals surface area (Å²) in [5, 5.41) is 2.94. The Morgan fingerprint density at radius 3 is 2.61 bits per heavy atom. The third kappa shape index (κ3) is 2.14. The Hall–Kier alpha value is -2.10. The van der Waals surface area contributed by atoms with E-state index in [0.29, 0.717) is 5.95 Å². The lowest BCUT2D eigenvalue weighted by Gasteiger charge is -2.13. The molecular weight excluding hydrogens is 226 g/mol. The second-order valence-corrected chi connectivity index (χ2v) is 4.10. The highest BCUT2D eigenvalue weighted by atomic mass is 16.5. The van der Waals surface area contributed by atoms with Crippen molar-refractivity contribution in [3.63, 3.8) is 0 Å². The van der Waals surface area contributed by atoms with E-state index in [1.807, 2.05) is 12.1 Å². The molecule has 0 saturated carbocycles. The molecule has 0 amide bonds. The maximum atomic E-state index is 5.50. The topological polar surface area (TPSA) is 47.0 Å². The first-order chi connectivity index (χ1) is 8.67. The molecule has 1 aromatic heterocycles. The molecule has 1 aromatic carbocycles. The minimum Gasteiger partial charge on any atom is -0.496 e. The molecule has 1 heterocycles. The first-order valence-corrected chi connectivity index (χ1v) is 5.82. The highest BCUT2D eigenvalue weighted by molar-refractivity contribution is 5.70. The predicted octanol–water partition coefficient (Wildman–Crippen LogP) is 2.81. The molecule has 18 heavy (non-hydrogen) atoms. The van der Waals surface area contributed by atoms with Gasteiger partial charge in [-0.05, 0) is 37.1 Å². The molecule has 94 valence electrons. The van der Waals surface area contributed by atoms with Crippen LogP contribution >= 0.6 is 0 Å². The Morgan fingerprint density at radius 1 is 1.17 bits per heavy atom. The van der Waals surface area contributed by atoms with Crippen LogP contribution < -0.4 is 10.1 Å². The van der Waals surface area contributed by atoms with Gasteiger partial charge in [-0.3, -0.25) is 0 Å². The quantitative estimate of drug-likeness (QED) is 0.900. The van der Waals surface area contributed by atoms with Gasteiger partial charge in [-0.2, -0.15) is 0 Å². The van der Waals surface area contributed by atoms with Crippen LogP contribution in [0.5, 0.6) is 5.75 Å². The highest BCUT2D eigenvalue weighted by Gasteiger charge is 2.11. The zero-order valence-corrected chi connectivity index (χ0v) is 11.1. The average molecular weight is 243 g/mol. The zero-order valence-electron chi connectivity index (χ0n) is 11.1. The summed E-state index contributed by atoms with van der Waals surface area (Å²) < 4.78 is 5.50. The van der Waals surface area contributed by atoms with E-state index in [1.54, 1.807) is 20.4 Å². The first kappa shape index (κ1) is 12.4. The van der Waals surface area contributed by atoms with Crippen LogP contribution in [0.25, 0.3) is 11.3 Å². The van der Waals surface area contributed by atoms with Crippen molar-refractivity contribution in [1.82, 2.24) is 9.97 Å². The van der Waals surface area contributed by atoms with Crippen LogP contribution in [0.15, 0.2) is 24.4 Å². The number of anilines is 1. The number of aryl methyl sites for hydroxylation is 1. The van der Waals surface area contributed by atoms with Gasteiger partial charge in [-0.25, -0.2) is 9.97 Å². The van der Waals surface area contributed by atoms with E-state index in [-0.39, 0.29) is 0 Å². The monoisotopic (exact) mass is 243 g/mol. The van der Waals surface area contributed by atoms with E-state index in [0.717, 1.165) is 22.6 Å². The predicted molar refractivity (Wildman–Crippen MR) is 73.0 cm³/mol. The van der Waals surface area contributed by atoms with Gasteiger partial charge in [0.25, 0.3) is 0 Å². The van der Waals surface area contributed by atoms with Crippen LogP contribution in [0.3, 0.4) is 0 Å². The highest BCUT2D eigenvalue weighted by Crippen LogP contribution is 2.33.